The number of hydrogen-bond acceptors (Lipinski definition) is 5. The molecule has 0 fully saturated rings. The minimum atomic E-state index is -0.256. The van der Waals surface area contributed by atoms with Gasteiger partial charge in [0, 0.05) is 13.6 Å². The standard InChI is InChI=1S/C31H37NO5/c1-24-6-8-25(9-7-24)18-19-32(2)30(33)22-26-10-14-28(15-11-26)36-20-4-5-21-37-29-16-12-27(13-17-29)23-31(34)35-3/h6-17H,4-5,18-23H2,1-3H3. The van der Waals surface area contributed by atoms with Gasteiger partial charge in [-0.25, -0.2) is 0 Å². The number of nitrogens with zero attached hydrogens (tertiary/aromatic N) is 1. The summed E-state index contributed by atoms with van der Waals surface area (Å²) < 4.78 is 16.3. The number of benzene rings is 3. The molecule has 0 aromatic heterocycles. The Morgan fingerprint density at radius 1 is 0.703 bits per heavy atom. The molecule has 0 N–H and O–H groups in total. The summed E-state index contributed by atoms with van der Waals surface area (Å²) in [5.41, 5.74) is 4.36. The predicted molar refractivity (Wildman–Crippen MR) is 145 cm³/mol. The van der Waals surface area contributed by atoms with Crippen LogP contribution in [0.4, 0.5) is 0 Å². The van der Waals surface area contributed by atoms with E-state index in [1.54, 1.807) is 4.90 Å². The normalized spacial score (nSPS) is 10.6. The van der Waals surface area contributed by atoms with Crippen LogP contribution in [-0.4, -0.2) is 50.7 Å². The topological polar surface area (TPSA) is 65.1 Å². The quantitative estimate of drug-likeness (QED) is 0.224. The van der Waals surface area contributed by atoms with Crippen molar-refractivity contribution in [2.75, 3.05) is 33.9 Å². The Morgan fingerprint density at radius 2 is 1.19 bits per heavy atom. The molecule has 6 nitrogen and oxygen atoms in total. The molecule has 0 unspecified atom stereocenters. The van der Waals surface area contributed by atoms with Crippen LogP contribution in [0.3, 0.4) is 0 Å². The first-order valence-electron chi connectivity index (χ1n) is 12.7. The van der Waals surface area contributed by atoms with Crippen molar-refractivity contribution in [2.45, 2.75) is 39.0 Å². The summed E-state index contributed by atoms with van der Waals surface area (Å²) in [6.07, 6.45) is 3.23. The van der Waals surface area contributed by atoms with Crippen molar-refractivity contribution in [3.8, 4) is 11.5 Å². The fraction of sp³-hybridized carbons (Fsp3) is 0.355. The number of carbonyl (C=O) groups is 2. The van der Waals surface area contributed by atoms with Crippen molar-refractivity contribution >= 4 is 11.9 Å². The van der Waals surface area contributed by atoms with Gasteiger partial charge in [-0.3, -0.25) is 9.59 Å². The SMILES string of the molecule is COC(=O)Cc1ccc(OCCCCOc2ccc(CC(=O)N(C)CCc3ccc(C)cc3)cc2)cc1. The van der Waals surface area contributed by atoms with E-state index in [0.29, 0.717) is 26.2 Å². The molecule has 0 spiro atoms. The highest BCUT2D eigenvalue weighted by atomic mass is 16.5. The zero-order chi connectivity index (χ0) is 26.5. The Balaban J connectivity index is 1.29. The number of esters is 1. The van der Waals surface area contributed by atoms with E-state index in [2.05, 4.69) is 35.9 Å². The first-order chi connectivity index (χ1) is 17.9. The molecule has 0 aliphatic rings. The number of amides is 1. The van der Waals surface area contributed by atoms with Crippen LogP contribution < -0.4 is 9.47 Å². The molecule has 6 heteroatoms. The van der Waals surface area contributed by atoms with Crippen molar-refractivity contribution in [2.24, 2.45) is 0 Å². The van der Waals surface area contributed by atoms with E-state index in [1.165, 1.54) is 18.2 Å². The lowest BCUT2D eigenvalue weighted by Crippen LogP contribution is -2.30. The average molecular weight is 504 g/mol. The molecular weight excluding hydrogens is 466 g/mol. The van der Waals surface area contributed by atoms with Crippen LogP contribution in [0.2, 0.25) is 0 Å². The molecule has 3 aromatic rings. The van der Waals surface area contributed by atoms with Gasteiger partial charge < -0.3 is 19.1 Å². The average Bonchev–Trinajstić information content (AvgIpc) is 2.91. The monoisotopic (exact) mass is 503 g/mol. The van der Waals surface area contributed by atoms with Crippen LogP contribution in [0.5, 0.6) is 11.5 Å². The van der Waals surface area contributed by atoms with Gasteiger partial charge >= 0.3 is 5.97 Å². The summed E-state index contributed by atoms with van der Waals surface area (Å²) in [7, 11) is 3.24. The number of aryl methyl sites for hydroxylation is 1. The molecule has 0 saturated carbocycles. The first kappa shape index (κ1) is 27.8. The second-order valence-electron chi connectivity index (χ2n) is 9.17. The minimum Gasteiger partial charge on any atom is -0.494 e. The lowest BCUT2D eigenvalue weighted by molar-refractivity contribution is -0.139. The van der Waals surface area contributed by atoms with Crippen molar-refractivity contribution in [3.63, 3.8) is 0 Å². The van der Waals surface area contributed by atoms with E-state index in [4.69, 9.17) is 9.47 Å². The Bertz CT molecular complexity index is 1110. The van der Waals surface area contributed by atoms with E-state index >= 15 is 0 Å². The number of likely N-dealkylation sites (N-methyl/N-ethyl adjacent to an activating group) is 1. The summed E-state index contributed by atoms with van der Waals surface area (Å²) in [6, 6.07) is 23.7. The number of carbonyl (C=O) groups excluding carboxylic acids is 2. The summed E-state index contributed by atoms with van der Waals surface area (Å²) in [4.78, 5) is 25.7. The maximum Gasteiger partial charge on any atom is 0.309 e. The van der Waals surface area contributed by atoms with Crippen molar-refractivity contribution in [1.82, 2.24) is 4.90 Å². The number of hydrogen-bond donors (Lipinski definition) is 0. The van der Waals surface area contributed by atoms with E-state index in [9.17, 15) is 9.59 Å². The molecule has 0 saturated heterocycles. The van der Waals surface area contributed by atoms with E-state index in [0.717, 1.165) is 41.9 Å². The molecule has 3 rings (SSSR count). The summed E-state index contributed by atoms with van der Waals surface area (Å²) in [6.45, 7) is 3.97. The second-order valence-corrected chi connectivity index (χ2v) is 9.17. The number of rotatable bonds is 14. The summed E-state index contributed by atoms with van der Waals surface area (Å²) in [5, 5.41) is 0. The van der Waals surface area contributed by atoms with Crippen LogP contribution in [0.15, 0.2) is 72.8 Å². The third kappa shape index (κ3) is 10.00. The minimum absolute atomic E-state index is 0.110. The highest BCUT2D eigenvalue weighted by Gasteiger charge is 2.10. The molecule has 0 bridgehead atoms. The molecule has 3 aromatic carbocycles. The van der Waals surface area contributed by atoms with Crippen LogP contribution in [0, 0.1) is 6.92 Å². The maximum absolute atomic E-state index is 12.6. The zero-order valence-electron chi connectivity index (χ0n) is 22.1. The first-order valence-corrected chi connectivity index (χ1v) is 12.7. The Hall–Kier alpha value is -3.80. The summed E-state index contributed by atoms with van der Waals surface area (Å²) >= 11 is 0. The van der Waals surface area contributed by atoms with Crippen LogP contribution in [0.25, 0.3) is 0 Å². The van der Waals surface area contributed by atoms with Crippen LogP contribution >= 0.6 is 0 Å². The smallest absolute Gasteiger partial charge is 0.309 e. The fourth-order valence-corrected chi connectivity index (χ4v) is 3.72. The largest absolute Gasteiger partial charge is 0.494 e. The highest BCUT2D eigenvalue weighted by Crippen LogP contribution is 2.15. The van der Waals surface area contributed by atoms with Gasteiger partial charge in [-0.1, -0.05) is 54.1 Å². The number of ether oxygens (including phenoxy) is 3. The van der Waals surface area contributed by atoms with Crippen LogP contribution in [0.1, 0.15) is 35.1 Å². The molecule has 0 aliphatic heterocycles. The predicted octanol–water partition coefficient (Wildman–Crippen LogP) is 5.19. The molecule has 0 heterocycles. The highest BCUT2D eigenvalue weighted by molar-refractivity contribution is 5.78. The molecular formula is C31H37NO5. The second kappa shape index (κ2) is 14.7. The van der Waals surface area contributed by atoms with Crippen molar-refractivity contribution in [3.05, 3.63) is 95.1 Å². The lowest BCUT2D eigenvalue weighted by atomic mass is 10.1. The summed E-state index contributed by atoms with van der Waals surface area (Å²) in [5.74, 6) is 1.43. The van der Waals surface area contributed by atoms with Crippen molar-refractivity contribution in [1.29, 1.82) is 0 Å². The Kier molecular flexibility index (Phi) is 11.0. The fourth-order valence-electron chi connectivity index (χ4n) is 3.72. The molecule has 0 atom stereocenters. The van der Waals surface area contributed by atoms with Gasteiger partial charge in [0.25, 0.3) is 0 Å². The van der Waals surface area contributed by atoms with Gasteiger partial charge in [0.2, 0.25) is 5.91 Å². The van der Waals surface area contributed by atoms with Gasteiger partial charge in [-0.2, -0.15) is 0 Å². The molecule has 196 valence electrons. The third-order valence-corrected chi connectivity index (χ3v) is 6.14. The van der Waals surface area contributed by atoms with Crippen LogP contribution in [-0.2, 0) is 33.6 Å². The van der Waals surface area contributed by atoms with Gasteiger partial charge in [0.15, 0.2) is 0 Å². The zero-order valence-corrected chi connectivity index (χ0v) is 22.1. The number of unbranched alkanes of at least 4 members (excludes halogenated alkanes) is 1. The van der Waals surface area contributed by atoms with E-state index < -0.39 is 0 Å². The van der Waals surface area contributed by atoms with E-state index in [1.807, 2.05) is 55.6 Å². The van der Waals surface area contributed by atoms with Gasteiger partial charge in [-0.05, 0) is 67.1 Å². The Morgan fingerprint density at radius 3 is 1.70 bits per heavy atom. The van der Waals surface area contributed by atoms with Gasteiger partial charge in [-0.15, -0.1) is 0 Å². The van der Waals surface area contributed by atoms with E-state index in [-0.39, 0.29) is 18.3 Å². The maximum atomic E-state index is 12.6. The van der Waals surface area contributed by atoms with Crippen molar-refractivity contribution < 1.29 is 23.8 Å². The molecule has 0 aliphatic carbocycles. The Labute approximate surface area is 220 Å². The number of methoxy groups -OCH3 is 1. The third-order valence-electron chi connectivity index (χ3n) is 6.14. The molecule has 1 amide bonds. The lowest BCUT2D eigenvalue weighted by Gasteiger charge is -2.17. The van der Waals surface area contributed by atoms with Gasteiger partial charge in [0.05, 0.1) is 33.2 Å². The van der Waals surface area contributed by atoms with Gasteiger partial charge in [0.1, 0.15) is 11.5 Å². The molecule has 0 radical (unpaired) electrons. The molecule has 37 heavy (non-hydrogen) atoms.